The lowest BCUT2D eigenvalue weighted by Crippen LogP contribution is -2.53. The van der Waals surface area contributed by atoms with Crippen molar-refractivity contribution in [3.05, 3.63) is 59.2 Å². The lowest BCUT2D eigenvalue weighted by Gasteiger charge is -2.54. The summed E-state index contributed by atoms with van der Waals surface area (Å²) in [6.45, 7) is 9.20. The van der Waals surface area contributed by atoms with Crippen LogP contribution in [-0.2, 0) is 25.9 Å². The van der Waals surface area contributed by atoms with Crippen LogP contribution in [0.4, 0.5) is 0 Å². The van der Waals surface area contributed by atoms with Crippen LogP contribution in [0.25, 0.3) is 0 Å². The third-order valence-electron chi connectivity index (χ3n) is 11.6. The topological polar surface area (TPSA) is 74.2 Å². The van der Waals surface area contributed by atoms with E-state index in [1.54, 1.807) is 19.2 Å². The van der Waals surface area contributed by atoms with E-state index in [1.165, 1.54) is 17.5 Å². The largest absolute Gasteiger partial charge is 0.497 e. The van der Waals surface area contributed by atoms with Gasteiger partial charge in [0.15, 0.2) is 0 Å². The van der Waals surface area contributed by atoms with Crippen molar-refractivity contribution in [1.82, 2.24) is 0 Å². The van der Waals surface area contributed by atoms with Crippen molar-refractivity contribution in [2.75, 3.05) is 20.8 Å². The lowest BCUT2D eigenvalue weighted by atomic mass is 9.53. The van der Waals surface area contributed by atoms with Crippen LogP contribution >= 0.6 is 0 Å². The molecule has 6 nitrogen and oxygen atoms in total. The molecule has 0 heterocycles. The SMILES string of the molecule is CCCCC(CC)COC(C[C@]1(OC)CC[C@H]2[C@@H]3CCc4cc(OC)ccc4[C@H]3CC[C@@]21C)=NS(=O)(=O)c1ccc(C)cc1. The molecular formula is C37H53NO5S. The van der Waals surface area contributed by atoms with Crippen molar-refractivity contribution in [2.45, 2.75) is 115 Å². The molecule has 0 radical (unpaired) electrons. The molecule has 0 amide bonds. The maximum absolute atomic E-state index is 13.6. The average molecular weight is 624 g/mol. The second-order valence-corrected chi connectivity index (χ2v) is 15.5. The fraction of sp³-hybridized carbons (Fsp3) is 0.649. The summed E-state index contributed by atoms with van der Waals surface area (Å²) in [6.07, 6.45) is 11.0. The Balaban J connectivity index is 1.44. The molecule has 3 aliphatic rings. The molecular weight excluding hydrogens is 570 g/mol. The van der Waals surface area contributed by atoms with Crippen LogP contribution in [0.2, 0.25) is 0 Å². The fourth-order valence-electron chi connectivity index (χ4n) is 8.84. The number of aryl methyl sites for hydroxylation is 2. The number of nitrogens with zero attached hydrogens (tertiary/aromatic N) is 1. The minimum Gasteiger partial charge on any atom is -0.497 e. The van der Waals surface area contributed by atoms with Crippen molar-refractivity contribution in [3.8, 4) is 5.75 Å². The van der Waals surface area contributed by atoms with E-state index < -0.39 is 15.6 Å². The summed E-state index contributed by atoms with van der Waals surface area (Å²) in [7, 11) is -0.386. The first kappa shape index (κ1) is 33.0. The van der Waals surface area contributed by atoms with Gasteiger partial charge in [-0.3, -0.25) is 0 Å². The summed E-state index contributed by atoms with van der Waals surface area (Å²) >= 11 is 0. The highest BCUT2D eigenvalue weighted by molar-refractivity contribution is 7.90. The summed E-state index contributed by atoms with van der Waals surface area (Å²) in [4.78, 5) is 0.196. The Morgan fingerprint density at radius 1 is 1.05 bits per heavy atom. The highest BCUT2D eigenvalue weighted by atomic mass is 32.2. The minimum atomic E-state index is -3.93. The zero-order chi connectivity index (χ0) is 31.5. The second-order valence-electron chi connectivity index (χ2n) is 13.9. The highest BCUT2D eigenvalue weighted by Crippen LogP contribution is 2.66. The predicted molar refractivity (Wildman–Crippen MR) is 177 cm³/mol. The maximum atomic E-state index is 13.6. The van der Waals surface area contributed by atoms with Gasteiger partial charge in [-0.15, -0.1) is 4.40 Å². The molecule has 0 aromatic heterocycles. The van der Waals surface area contributed by atoms with Gasteiger partial charge in [-0.05, 0) is 111 Å². The first-order chi connectivity index (χ1) is 21.1. The van der Waals surface area contributed by atoms with Gasteiger partial charge in [-0.1, -0.05) is 63.8 Å². The third-order valence-corrected chi connectivity index (χ3v) is 12.9. The monoisotopic (exact) mass is 623 g/mol. The molecule has 2 fully saturated rings. The van der Waals surface area contributed by atoms with E-state index in [9.17, 15) is 8.42 Å². The van der Waals surface area contributed by atoms with Crippen LogP contribution in [0.15, 0.2) is 51.8 Å². The maximum Gasteiger partial charge on any atom is 0.285 e. The van der Waals surface area contributed by atoms with E-state index in [0.717, 1.165) is 69.1 Å². The molecule has 3 aliphatic carbocycles. The molecule has 0 N–H and O–H groups in total. The van der Waals surface area contributed by atoms with E-state index in [0.29, 0.717) is 42.6 Å². The molecule has 7 heteroatoms. The highest BCUT2D eigenvalue weighted by Gasteiger charge is 2.63. The fourth-order valence-corrected chi connectivity index (χ4v) is 9.81. The van der Waals surface area contributed by atoms with E-state index in [-0.39, 0.29) is 10.3 Å². The number of ether oxygens (including phenoxy) is 3. The van der Waals surface area contributed by atoms with Crippen molar-refractivity contribution in [3.63, 3.8) is 0 Å². The first-order valence-corrected chi connectivity index (χ1v) is 18.3. The van der Waals surface area contributed by atoms with Crippen molar-refractivity contribution in [2.24, 2.45) is 27.6 Å². The molecule has 0 saturated heterocycles. The van der Waals surface area contributed by atoms with Crippen molar-refractivity contribution >= 4 is 15.9 Å². The number of hydrogen-bond acceptors (Lipinski definition) is 5. The Bertz CT molecular complexity index is 1420. The number of fused-ring (bicyclic) bond motifs is 5. The van der Waals surface area contributed by atoms with Crippen molar-refractivity contribution in [1.29, 1.82) is 0 Å². The average Bonchev–Trinajstić information content (AvgIpc) is 3.32. The molecule has 0 aliphatic heterocycles. The lowest BCUT2D eigenvalue weighted by molar-refractivity contribution is -0.123. The van der Waals surface area contributed by atoms with E-state index >= 15 is 0 Å². The van der Waals surface area contributed by atoms with Crippen molar-refractivity contribution < 1.29 is 22.6 Å². The summed E-state index contributed by atoms with van der Waals surface area (Å²) in [5, 5.41) is 0. The molecule has 44 heavy (non-hydrogen) atoms. The number of benzene rings is 2. The Morgan fingerprint density at radius 2 is 1.82 bits per heavy atom. The van der Waals surface area contributed by atoms with Gasteiger partial charge >= 0.3 is 0 Å². The normalized spacial score (nSPS) is 29.0. The zero-order valence-electron chi connectivity index (χ0n) is 27.7. The Hall–Kier alpha value is -2.38. The van der Waals surface area contributed by atoms with Crippen LogP contribution in [0.3, 0.4) is 0 Å². The first-order valence-electron chi connectivity index (χ1n) is 16.8. The summed E-state index contributed by atoms with van der Waals surface area (Å²) < 4.78 is 50.1. The molecule has 0 bridgehead atoms. The predicted octanol–water partition coefficient (Wildman–Crippen LogP) is 8.66. The molecule has 1 unspecified atom stereocenters. The van der Waals surface area contributed by atoms with Crippen LogP contribution in [-0.4, -0.2) is 40.7 Å². The number of sulfonamides is 1. The Morgan fingerprint density at radius 3 is 2.50 bits per heavy atom. The second kappa shape index (κ2) is 13.5. The van der Waals surface area contributed by atoms with Gasteiger partial charge in [-0.25, -0.2) is 0 Å². The Kier molecular flexibility index (Phi) is 10.2. The Labute approximate surface area is 266 Å². The number of rotatable bonds is 12. The third kappa shape index (κ3) is 6.33. The van der Waals surface area contributed by atoms with E-state index in [2.05, 4.69) is 43.4 Å². The molecule has 5 rings (SSSR count). The zero-order valence-corrected chi connectivity index (χ0v) is 28.5. The summed E-state index contributed by atoms with van der Waals surface area (Å²) in [5.74, 6) is 3.23. The number of methoxy groups -OCH3 is 2. The van der Waals surface area contributed by atoms with Gasteiger partial charge in [0, 0.05) is 12.5 Å². The van der Waals surface area contributed by atoms with Crippen LogP contribution in [0, 0.1) is 30.1 Å². The van der Waals surface area contributed by atoms with Gasteiger partial charge in [-0.2, -0.15) is 8.42 Å². The van der Waals surface area contributed by atoms with E-state index in [4.69, 9.17) is 14.2 Å². The molecule has 6 atom stereocenters. The standard InChI is InChI=1S/C37H53NO5S/c1-7-9-10-27(8-2)25-43-35(38-44(39,40)30-15-11-26(3)12-16-30)24-37(42-6)22-20-34-33-17-13-28-23-29(41-5)14-18-31(28)32(33)19-21-36(34,37)4/h11-12,14-16,18,23,27,32-34H,7-10,13,17,19-22,24-25H2,1-6H3/t27?,32-,33-,34+,36+,37-/m1/s1. The minimum absolute atomic E-state index is 0.100. The van der Waals surface area contributed by atoms with Crippen LogP contribution in [0.5, 0.6) is 5.75 Å². The molecule has 2 aromatic carbocycles. The van der Waals surface area contributed by atoms with Gasteiger partial charge < -0.3 is 14.2 Å². The van der Waals surface area contributed by atoms with Gasteiger partial charge in [0.05, 0.1) is 30.6 Å². The van der Waals surface area contributed by atoms with Gasteiger partial charge in [0.25, 0.3) is 10.0 Å². The molecule has 0 spiro atoms. The molecule has 2 aromatic rings. The van der Waals surface area contributed by atoms with Crippen LogP contribution in [0.1, 0.15) is 108 Å². The van der Waals surface area contributed by atoms with Gasteiger partial charge in [0.1, 0.15) is 5.75 Å². The smallest absolute Gasteiger partial charge is 0.285 e. The quantitative estimate of drug-likeness (QED) is 0.175. The summed E-state index contributed by atoms with van der Waals surface area (Å²) in [6, 6.07) is 13.5. The van der Waals surface area contributed by atoms with Gasteiger partial charge in [0.2, 0.25) is 5.90 Å². The molecule has 242 valence electrons. The van der Waals surface area contributed by atoms with E-state index in [1.807, 2.05) is 26.2 Å². The number of unbranched alkanes of at least 4 members (excludes halogenated alkanes) is 1. The molecule has 2 saturated carbocycles. The van der Waals surface area contributed by atoms with Crippen LogP contribution < -0.4 is 4.74 Å². The number of hydrogen-bond donors (Lipinski definition) is 0. The summed E-state index contributed by atoms with van der Waals surface area (Å²) in [5.41, 5.74) is 3.30.